The van der Waals surface area contributed by atoms with Gasteiger partial charge in [-0.3, -0.25) is 4.79 Å². The van der Waals surface area contributed by atoms with Crippen molar-refractivity contribution in [2.24, 2.45) is 10.5 Å². The van der Waals surface area contributed by atoms with Crippen molar-refractivity contribution >= 4 is 63.8 Å². The molecule has 2 aliphatic rings. The molecular weight excluding hydrogens is 535 g/mol. The van der Waals surface area contributed by atoms with E-state index in [1.807, 2.05) is 12.3 Å². The number of hydrogen-bond donors (Lipinski definition) is 1. The summed E-state index contributed by atoms with van der Waals surface area (Å²) in [6.07, 6.45) is 5.25. The highest BCUT2D eigenvalue weighted by Gasteiger charge is 2.47. The Morgan fingerprint density at radius 3 is 2.81 bits per heavy atom. The Kier molecular flexibility index (Phi) is 5.75. The summed E-state index contributed by atoms with van der Waals surface area (Å²) in [6.45, 7) is 0. The minimum atomic E-state index is -0.0359. The lowest BCUT2D eigenvalue weighted by Gasteiger charge is -2.35. The van der Waals surface area contributed by atoms with E-state index in [9.17, 15) is 4.79 Å². The molecule has 0 saturated heterocycles. The highest BCUT2D eigenvalue weighted by molar-refractivity contribution is 14.2. The minimum absolute atomic E-state index is 0.0359. The average Bonchev–Trinajstić information content (AvgIpc) is 3.01. The fraction of sp³-hybridized carbons (Fsp3) is 0.238. The molecule has 0 saturated carbocycles. The van der Waals surface area contributed by atoms with Gasteiger partial charge in [-0.2, -0.15) is 5.10 Å². The third-order valence-electron chi connectivity index (χ3n) is 5.50. The molecule has 1 atom stereocenters. The van der Waals surface area contributed by atoms with E-state index in [2.05, 4.69) is 89.5 Å². The number of halogens is 2. The van der Waals surface area contributed by atoms with Gasteiger partial charge in [0.25, 0.3) is 0 Å². The maximum Gasteiger partial charge on any atom is 0.170 e. The van der Waals surface area contributed by atoms with E-state index in [-0.39, 0.29) is 11.2 Å². The van der Waals surface area contributed by atoms with Crippen LogP contribution in [0.3, 0.4) is 0 Å². The summed E-state index contributed by atoms with van der Waals surface area (Å²) in [6, 6.07) is 16.9. The van der Waals surface area contributed by atoms with Crippen LogP contribution in [-0.2, 0) is 17.6 Å². The number of allylic oxidation sites excluding steroid dienone is 2. The van der Waals surface area contributed by atoms with E-state index in [1.165, 1.54) is 31.4 Å². The molecule has 138 valence electrons. The zero-order valence-electron chi connectivity index (χ0n) is 14.5. The molecule has 1 N–H and O–H groups in total. The predicted octanol–water partition coefficient (Wildman–Crippen LogP) is 5.86. The molecule has 6 heteroatoms. The third kappa shape index (κ3) is 3.63. The van der Waals surface area contributed by atoms with Crippen LogP contribution >= 0.6 is 46.3 Å². The van der Waals surface area contributed by atoms with Gasteiger partial charge in [-0.15, -0.1) is 0 Å². The smallest absolute Gasteiger partial charge is 0.170 e. The summed E-state index contributed by atoms with van der Waals surface area (Å²) in [5.41, 5.74) is 6.06. The molecule has 0 aliphatic heterocycles. The van der Waals surface area contributed by atoms with Gasteiger partial charge in [-0.1, -0.05) is 48.5 Å². The van der Waals surface area contributed by atoms with Crippen molar-refractivity contribution in [1.82, 2.24) is 4.83 Å². The van der Waals surface area contributed by atoms with Crippen LogP contribution in [0, 0.1) is 5.41 Å². The van der Waals surface area contributed by atoms with Gasteiger partial charge in [-0.05, 0) is 63.0 Å². The number of nitrogens with one attached hydrogen (secondary N) is 1. The maximum atomic E-state index is 12.5. The molecule has 2 aliphatic carbocycles. The van der Waals surface area contributed by atoms with E-state index in [4.69, 9.17) is 0 Å². The molecule has 2 aromatic rings. The Morgan fingerprint density at radius 1 is 1.22 bits per heavy atom. The Balaban J connectivity index is 1.82. The van der Waals surface area contributed by atoms with Crippen molar-refractivity contribution in [2.45, 2.75) is 25.7 Å². The first-order valence-electron chi connectivity index (χ1n) is 8.80. The van der Waals surface area contributed by atoms with Crippen LogP contribution in [0.1, 0.15) is 35.1 Å². The highest BCUT2D eigenvalue weighted by Crippen LogP contribution is 2.56. The van der Waals surface area contributed by atoms with E-state index >= 15 is 0 Å². The van der Waals surface area contributed by atoms with Gasteiger partial charge < -0.3 is 0 Å². The summed E-state index contributed by atoms with van der Waals surface area (Å²) >= 11 is 5.80. The second-order valence-corrected chi connectivity index (χ2v) is 9.48. The number of fused-ring (bicyclic) bond motifs is 3. The highest BCUT2D eigenvalue weighted by atomic mass is 127. The molecule has 0 aromatic heterocycles. The van der Waals surface area contributed by atoms with Crippen molar-refractivity contribution < 1.29 is 4.79 Å². The number of ketones is 1. The van der Waals surface area contributed by atoms with Gasteiger partial charge in [0.15, 0.2) is 5.78 Å². The number of carbonyl (C=O) groups is 1. The van der Waals surface area contributed by atoms with Crippen molar-refractivity contribution in [3.8, 4) is 0 Å². The first-order valence-corrected chi connectivity index (χ1v) is 13.0. The number of hydrogen-bond acceptors (Lipinski definition) is 4. The quantitative estimate of drug-likeness (QED) is 0.218. The fourth-order valence-corrected chi connectivity index (χ4v) is 5.64. The molecule has 0 fully saturated rings. The lowest BCUT2D eigenvalue weighted by atomic mass is 9.69. The number of Topliss-reactive ketones (excluding diaryl/α,β-unsaturated/α-hetero) is 1. The second kappa shape index (κ2) is 8.09. The molecule has 27 heavy (non-hydrogen) atoms. The topological polar surface area (TPSA) is 41.5 Å². The van der Waals surface area contributed by atoms with Crippen LogP contribution < -0.4 is 4.83 Å². The SMILES string of the molecule is O=C1CCC2(Cc3ccccc3)Cc3c(/C=N\NSI)cccc3C2=C1Br. The third-order valence-corrected chi connectivity index (χ3v) is 7.10. The lowest BCUT2D eigenvalue weighted by molar-refractivity contribution is -0.115. The van der Waals surface area contributed by atoms with Crippen LogP contribution in [0.2, 0.25) is 0 Å². The maximum absolute atomic E-state index is 12.5. The lowest BCUT2D eigenvalue weighted by Crippen LogP contribution is -2.29. The van der Waals surface area contributed by atoms with Crippen LogP contribution in [0.15, 0.2) is 58.1 Å². The van der Waals surface area contributed by atoms with Gasteiger partial charge >= 0.3 is 0 Å². The molecule has 0 heterocycles. The molecule has 0 spiro atoms. The van der Waals surface area contributed by atoms with Crippen LogP contribution in [0.5, 0.6) is 0 Å². The van der Waals surface area contributed by atoms with E-state index in [1.54, 1.807) is 0 Å². The first kappa shape index (κ1) is 19.2. The Labute approximate surface area is 183 Å². The fourth-order valence-electron chi connectivity index (χ4n) is 4.38. The van der Waals surface area contributed by atoms with Crippen molar-refractivity contribution in [3.05, 3.63) is 75.3 Å². The van der Waals surface area contributed by atoms with Crippen molar-refractivity contribution in [3.63, 3.8) is 0 Å². The summed E-state index contributed by atoms with van der Waals surface area (Å²) in [5.74, 6) is 0.212. The Bertz CT molecular complexity index is 944. The Morgan fingerprint density at radius 2 is 2.04 bits per heavy atom. The normalized spacial score (nSPS) is 21.5. The molecule has 0 amide bonds. The van der Waals surface area contributed by atoms with Gasteiger partial charge in [0.2, 0.25) is 0 Å². The van der Waals surface area contributed by atoms with Gasteiger partial charge in [0.05, 0.1) is 10.7 Å². The van der Waals surface area contributed by atoms with Crippen LogP contribution in [-0.4, -0.2) is 12.0 Å². The monoisotopic (exact) mass is 552 g/mol. The van der Waals surface area contributed by atoms with Crippen LogP contribution in [0.4, 0.5) is 0 Å². The molecular formula is C21H18BrIN2OS. The molecule has 0 bridgehead atoms. The van der Waals surface area contributed by atoms with Crippen molar-refractivity contribution in [1.29, 1.82) is 0 Å². The first-order chi connectivity index (χ1) is 13.1. The van der Waals surface area contributed by atoms with Gasteiger partial charge in [0, 0.05) is 42.2 Å². The molecule has 0 radical (unpaired) electrons. The number of benzene rings is 2. The zero-order valence-corrected chi connectivity index (χ0v) is 19.1. The zero-order chi connectivity index (χ0) is 18.9. The van der Waals surface area contributed by atoms with E-state index in [0.29, 0.717) is 6.42 Å². The van der Waals surface area contributed by atoms with E-state index in [0.717, 1.165) is 29.3 Å². The number of nitrogens with zero attached hydrogens (tertiary/aromatic N) is 1. The summed E-state index contributed by atoms with van der Waals surface area (Å²) in [4.78, 5) is 15.4. The molecule has 2 aromatic carbocycles. The summed E-state index contributed by atoms with van der Waals surface area (Å²) in [7, 11) is 1.44. The Hall–Kier alpha value is -1.12. The van der Waals surface area contributed by atoms with Gasteiger partial charge in [-0.25, -0.2) is 4.83 Å². The summed E-state index contributed by atoms with van der Waals surface area (Å²) < 4.78 is 0.762. The minimum Gasteiger partial charge on any atom is -0.294 e. The van der Waals surface area contributed by atoms with E-state index < -0.39 is 0 Å². The second-order valence-electron chi connectivity index (χ2n) is 7.03. The largest absolute Gasteiger partial charge is 0.294 e. The number of hydrazone groups is 1. The molecule has 3 nitrogen and oxygen atoms in total. The predicted molar refractivity (Wildman–Crippen MR) is 125 cm³/mol. The molecule has 1 unspecified atom stereocenters. The van der Waals surface area contributed by atoms with Crippen LogP contribution in [0.25, 0.3) is 5.57 Å². The van der Waals surface area contributed by atoms with Gasteiger partial charge in [0.1, 0.15) is 0 Å². The van der Waals surface area contributed by atoms with Crippen molar-refractivity contribution in [2.75, 3.05) is 0 Å². The summed E-state index contributed by atoms with van der Waals surface area (Å²) in [5, 5.41) is 4.28. The number of carbonyl (C=O) groups excluding carboxylic acids is 1. The molecule has 4 rings (SSSR count). The number of rotatable bonds is 5. The average molecular weight is 553 g/mol. The standard InChI is InChI=1S/C21H18BrIN2OS/c22-20-18(26)9-10-21(11-14-5-2-1-3-6-14)12-17-15(13-24-25-27-23)7-4-8-16(17)19(20)21/h1-8,13,25H,9-12H2/b24-13-.